The number of hydrogen-bond donors (Lipinski definition) is 0. The third-order valence-corrected chi connectivity index (χ3v) is 24.1. The Kier molecular flexibility index (Phi) is 22.6. The molecule has 0 saturated heterocycles. The summed E-state index contributed by atoms with van der Waals surface area (Å²) in [6.07, 6.45) is -14.6. The number of rotatable bonds is 16. The summed E-state index contributed by atoms with van der Waals surface area (Å²) in [6, 6.07) is 83.7. The molecule has 0 saturated carbocycles. The molecule has 0 heterocycles. The third kappa shape index (κ3) is 16.2. The van der Waals surface area contributed by atoms with E-state index in [4.69, 9.17) is 13.1 Å². The second-order valence-electron chi connectivity index (χ2n) is 32.3. The van der Waals surface area contributed by atoms with Gasteiger partial charge in [0.2, 0.25) is 0 Å². The van der Waals surface area contributed by atoms with Gasteiger partial charge < -0.3 is 19.6 Å². The summed E-state index contributed by atoms with van der Waals surface area (Å²) in [5, 5.41) is 26.6. The number of aryl methyl sites for hydroxylation is 1. The maximum atomic E-state index is 16.9. The Hall–Kier alpha value is -17.6. The SMILES string of the molecule is [C-]#[N+]c1ccc(N(c2c(F)cc(F)cc2-c2cccc(C)c2)c2ccc3ccc4c(N(c5ccc(C#N)cc5)c5c(F)cc(F)cc5-c5cccc(C(F)(F)F)c5)ccc5ccc2c3c54)cc1.[C-]#[N+]c1ccc(N(c2c(F)cc(F)cc2-c2ccccc2C(F)(F)F)c2ccc3ccc4c(N(c5ccc(C#N)cc5)c5c(F)cc(F)cc5-c5ccccc5C(F)(F)F)ccc5ccc2c3c54)cc1. The lowest BCUT2D eigenvalue weighted by Crippen LogP contribution is -2.16. The first-order valence-electron chi connectivity index (χ1n) is 42.0. The Labute approximate surface area is 769 Å². The maximum absolute atomic E-state index is 16.9. The van der Waals surface area contributed by atoms with E-state index in [-0.39, 0.29) is 62.1 Å². The molecule has 0 unspecified atom stereocenters. The van der Waals surface area contributed by atoms with Crippen LogP contribution in [0.3, 0.4) is 0 Å². The molecule has 0 aliphatic heterocycles. The average molecular weight is 1840 g/mol. The molecule has 0 radical (unpaired) electrons. The van der Waals surface area contributed by atoms with Gasteiger partial charge in [-0.1, -0.05) is 175 Å². The number of nitrogens with zero attached hydrogens (tertiary/aromatic N) is 8. The highest BCUT2D eigenvalue weighted by atomic mass is 19.4. The minimum Gasteiger partial charge on any atom is -0.307 e. The van der Waals surface area contributed by atoms with E-state index < -0.39 is 115 Å². The monoisotopic (exact) mass is 1840 g/mol. The van der Waals surface area contributed by atoms with Gasteiger partial charge in [0.1, 0.15) is 23.3 Å². The van der Waals surface area contributed by atoms with Crippen LogP contribution in [0, 0.1) is 89.3 Å². The van der Waals surface area contributed by atoms with Crippen molar-refractivity contribution >= 4 is 144 Å². The lowest BCUT2D eigenvalue weighted by atomic mass is 9.90. The van der Waals surface area contributed by atoms with Gasteiger partial charge in [-0.05, 0) is 218 Å². The molecule has 20 aromatic carbocycles. The number of benzene rings is 20. The molecule has 0 atom stereocenters. The van der Waals surface area contributed by atoms with E-state index in [1.807, 2.05) is 73.7 Å². The maximum Gasteiger partial charge on any atom is 0.417 e. The van der Waals surface area contributed by atoms with Crippen LogP contribution in [-0.2, 0) is 18.5 Å². The van der Waals surface area contributed by atoms with Crippen LogP contribution in [0.5, 0.6) is 0 Å². The van der Waals surface area contributed by atoms with E-state index in [9.17, 15) is 50.0 Å². The van der Waals surface area contributed by atoms with Crippen LogP contribution >= 0.6 is 0 Å². The van der Waals surface area contributed by atoms with Gasteiger partial charge in [0.05, 0.1) is 98.6 Å². The zero-order valence-corrected chi connectivity index (χ0v) is 70.8. The van der Waals surface area contributed by atoms with E-state index in [0.29, 0.717) is 112 Å². The lowest BCUT2D eigenvalue weighted by Gasteiger charge is -2.31. The van der Waals surface area contributed by atoms with Crippen molar-refractivity contribution in [3.63, 3.8) is 0 Å². The molecule has 0 aliphatic rings. The largest absolute Gasteiger partial charge is 0.417 e. The fourth-order valence-electron chi connectivity index (χ4n) is 18.2. The molecular formula is C112H59F17N8. The molecule has 25 heteroatoms. The summed E-state index contributed by atoms with van der Waals surface area (Å²) < 4.78 is 259. The Morgan fingerprint density at radius 1 is 0.270 bits per heavy atom. The van der Waals surface area contributed by atoms with Gasteiger partial charge in [-0.2, -0.15) is 50.0 Å². The van der Waals surface area contributed by atoms with Crippen LogP contribution in [0.25, 0.3) is 119 Å². The molecule has 0 aromatic heterocycles. The van der Waals surface area contributed by atoms with E-state index >= 15 is 35.1 Å². The van der Waals surface area contributed by atoms with E-state index in [2.05, 4.69) is 15.8 Å². The van der Waals surface area contributed by atoms with Crippen LogP contribution < -0.4 is 19.6 Å². The highest BCUT2D eigenvalue weighted by Gasteiger charge is 2.40. The summed E-state index contributed by atoms with van der Waals surface area (Å²) in [5.74, 6) is -8.40. The van der Waals surface area contributed by atoms with Crippen molar-refractivity contribution in [2.75, 3.05) is 19.6 Å². The van der Waals surface area contributed by atoms with E-state index in [0.717, 1.165) is 89.1 Å². The van der Waals surface area contributed by atoms with E-state index in [1.54, 1.807) is 102 Å². The van der Waals surface area contributed by atoms with Gasteiger partial charge in [0.25, 0.3) is 0 Å². The van der Waals surface area contributed by atoms with Crippen LogP contribution in [0.15, 0.2) is 340 Å². The van der Waals surface area contributed by atoms with Crippen molar-refractivity contribution < 1.29 is 74.6 Å². The fourth-order valence-corrected chi connectivity index (χ4v) is 18.2. The highest BCUT2D eigenvalue weighted by Crippen LogP contribution is 2.57. The molecule has 137 heavy (non-hydrogen) atoms. The first kappa shape index (κ1) is 88.7. The molecule has 0 amide bonds. The topological polar surface area (TPSA) is 69.3 Å². The average Bonchev–Trinajstić information content (AvgIpc) is 0.717. The first-order valence-corrected chi connectivity index (χ1v) is 42.0. The smallest absolute Gasteiger partial charge is 0.307 e. The third-order valence-electron chi connectivity index (χ3n) is 24.1. The van der Waals surface area contributed by atoms with Crippen LogP contribution in [0.1, 0.15) is 33.4 Å². The lowest BCUT2D eigenvalue weighted by molar-refractivity contribution is -0.138. The number of nitriles is 2. The summed E-state index contributed by atoms with van der Waals surface area (Å²) in [7, 11) is 0. The normalized spacial score (nSPS) is 11.7. The molecule has 666 valence electrons. The van der Waals surface area contributed by atoms with Gasteiger partial charge >= 0.3 is 18.5 Å². The molecule has 20 aromatic rings. The van der Waals surface area contributed by atoms with Crippen LogP contribution in [0.2, 0.25) is 0 Å². The highest BCUT2D eigenvalue weighted by molar-refractivity contribution is 6.30. The number of anilines is 12. The minimum atomic E-state index is -4.94. The van der Waals surface area contributed by atoms with Gasteiger partial charge in [-0.3, -0.25) is 0 Å². The van der Waals surface area contributed by atoms with Crippen molar-refractivity contribution in [1.29, 1.82) is 10.5 Å². The minimum absolute atomic E-state index is 0.0548. The molecule has 0 N–H and O–H groups in total. The Balaban J connectivity index is 0.000000176. The standard InChI is InChI=1S/C56H28F10N4.C56H31F7N4/c1-68-36-16-20-38(21-17-36)70(54-44(27-35(58)29-48(54)60)40-7-3-5-9-46(40)56(64,65)66)50-25-15-33-12-22-41-49(24-14-32-13-23-42(50)52(33)51(32)41)69(37-18-10-31(30-67)11-19-37)53-43(26-34(57)28-47(53)59)39-6-2-4-8-45(39)55(61,62)63;1-32-5-3-6-36(25-32)46-27-39(57)29-48(59)54(46)67(43-19-15-41(65-2)16-20-43)51-24-14-35-11-21-44-50(23-13-34-12-22-45(51)53(35)52(34)44)66(42-17-9-33(31-64)10-18-42)55-47(28-40(58)30-49(55)60)37-7-4-8-38(26-37)56(61,62)63/h2-29H;3-30H,1H3. The summed E-state index contributed by atoms with van der Waals surface area (Å²) in [5.41, 5.74) is -1.34. The van der Waals surface area contributed by atoms with Crippen molar-refractivity contribution in [3.05, 3.63) is 442 Å². The van der Waals surface area contributed by atoms with Crippen LogP contribution in [0.4, 0.5) is 154 Å². The number of alkyl halides is 9. The Morgan fingerprint density at radius 2 is 0.555 bits per heavy atom. The van der Waals surface area contributed by atoms with Crippen molar-refractivity contribution in [2.45, 2.75) is 25.5 Å². The van der Waals surface area contributed by atoms with Crippen LogP contribution in [-0.4, -0.2) is 0 Å². The van der Waals surface area contributed by atoms with Gasteiger partial charge in [-0.25, -0.2) is 44.8 Å². The Bertz CT molecular complexity index is 8170. The molecule has 0 bridgehead atoms. The molecule has 20 rings (SSSR count). The summed E-state index contributed by atoms with van der Waals surface area (Å²) in [4.78, 5) is 12.9. The number of hydrogen-bond acceptors (Lipinski definition) is 6. The van der Waals surface area contributed by atoms with Crippen molar-refractivity contribution in [3.8, 4) is 56.6 Å². The van der Waals surface area contributed by atoms with Crippen molar-refractivity contribution in [1.82, 2.24) is 0 Å². The second kappa shape index (κ2) is 34.9. The molecular weight excluding hydrogens is 1780 g/mol. The van der Waals surface area contributed by atoms with Gasteiger partial charge in [-0.15, -0.1) is 0 Å². The predicted molar refractivity (Wildman–Crippen MR) is 502 cm³/mol. The zero-order chi connectivity index (χ0) is 95.9. The van der Waals surface area contributed by atoms with Crippen molar-refractivity contribution in [2.24, 2.45) is 0 Å². The molecule has 8 nitrogen and oxygen atoms in total. The fraction of sp³-hybridized carbons (Fsp3) is 0.0357. The van der Waals surface area contributed by atoms with Gasteiger partial charge in [0.15, 0.2) is 34.6 Å². The zero-order valence-electron chi connectivity index (χ0n) is 70.8. The second-order valence-corrected chi connectivity index (χ2v) is 32.3. The summed E-state index contributed by atoms with van der Waals surface area (Å²) in [6.45, 7) is 17.0. The first-order chi connectivity index (χ1) is 65.9. The molecule has 0 fully saturated rings. The number of halogens is 17. The summed E-state index contributed by atoms with van der Waals surface area (Å²) >= 11 is 0. The van der Waals surface area contributed by atoms with E-state index in [1.165, 1.54) is 106 Å². The Morgan fingerprint density at radius 3 is 0.854 bits per heavy atom. The van der Waals surface area contributed by atoms with Gasteiger partial charge in [0, 0.05) is 90.8 Å². The molecule has 0 aliphatic carbocycles. The quantitative estimate of drug-likeness (QED) is 0.0545. The molecule has 0 spiro atoms. The predicted octanol–water partition coefficient (Wildman–Crippen LogP) is 35.0.